The van der Waals surface area contributed by atoms with Crippen molar-refractivity contribution in [3.8, 4) is 0 Å². The molecule has 0 bridgehead atoms. The van der Waals surface area contributed by atoms with Crippen molar-refractivity contribution in [3.63, 3.8) is 0 Å². The van der Waals surface area contributed by atoms with Gasteiger partial charge in [0.1, 0.15) is 5.69 Å². The molecule has 0 aromatic carbocycles. The fourth-order valence-corrected chi connectivity index (χ4v) is 2.89. The van der Waals surface area contributed by atoms with E-state index in [4.69, 9.17) is 10.9 Å². The van der Waals surface area contributed by atoms with Crippen LogP contribution in [0.1, 0.15) is 50.8 Å². The molecule has 110 valence electrons. The van der Waals surface area contributed by atoms with Gasteiger partial charge in [-0.25, -0.2) is 0 Å². The highest BCUT2D eigenvalue weighted by Crippen LogP contribution is 2.35. The standard InChI is InChI=1S/C15H24N4O/c1-15(2)7-4-3-5-13(15)18-10-11-6-8-17-12(9-11)14(16)19-20/h6,8-9,13,18,20H,3-5,7,10H2,1-2H3,(H2,16,19). The molecule has 1 aliphatic rings. The summed E-state index contributed by atoms with van der Waals surface area (Å²) in [7, 11) is 0. The summed E-state index contributed by atoms with van der Waals surface area (Å²) in [5, 5.41) is 15.3. The minimum Gasteiger partial charge on any atom is -0.409 e. The normalized spacial score (nSPS) is 22.7. The van der Waals surface area contributed by atoms with Crippen molar-refractivity contribution in [1.29, 1.82) is 0 Å². The highest BCUT2D eigenvalue weighted by molar-refractivity contribution is 5.95. The fraction of sp³-hybridized carbons (Fsp3) is 0.600. The summed E-state index contributed by atoms with van der Waals surface area (Å²) >= 11 is 0. The third-order valence-electron chi connectivity index (χ3n) is 4.25. The Kier molecular flexibility index (Phi) is 4.60. The van der Waals surface area contributed by atoms with E-state index < -0.39 is 0 Å². The van der Waals surface area contributed by atoms with Crippen molar-refractivity contribution in [1.82, 2.24) is 10.3 Å². The molecular formula is C15H24N4O. The Hall–Kier alpha value is -1.62. The maximum Gasteiger partial charge on any atom is 0.188 e. The number of nitrogens with two attached hydrogens (primary N) is 1. The second kappa shape index (κ2) is 6.22. The molecule has 0 amide bonds. The van der Waals surface area contributed by atoms with Crippen LogP contribution >= 0.6 is 0 Å². The predicted molar refractivity (Wildman–Crippen MR) is 79.6 cm³/mol. The lowest BCUT2D eigenvalue weighted by Gasteiger charge is -2.39. The van der Waals surface area contributed by atoms with Crippen LogP contribution in [0.2, 0.25) is 0 Å². The first-order valence-corrected chi connectivity index (χ1v) is 7.19. The largest absolute Gasteiger partial charge is 0.409 e. The maximum atomic E-state index is 8.69. The van der Waals surface area contributed by atoms with E-state index in [1.165, 1.54) is 25.7 Å². The summed E-state index contributed by atoms with van der Waals surface area (Å²) in [5.74, 6) is 0.0462. The lowest BCUT2D eigenvalue weighted by molar-refractivity contribution is 0.167. The van der Waals surface area contributed by atoms with E-state index in [0.29, 0.717) is 17.2 Å². The summed E-state index contributed by atoms with van der Waals surface area (Å²) in [6, 6.07) is 4.35. The van der Waals surface area contributed by atoms with Gasteiger partial charge in [-0.15, -0.1) is 0 Å². The molecule has 0 radical (unpaired) electrons. The summed E-state index contributed by atoms with van der Waals surface area (Å²) in [6.45, 7) is 5.44. The lowest BCUT2D eigenvalue weighted by atomic mass is 9.73. The highest BCUT2D eigenvalue weighted by atomic mass is 16.4. The van der Waals surface area contributed by atoms with Gasteiger partial charge in [0.05, 0.1) is 0 Å². The van der Waals surface area contributed by atoms with Gasteiger partial charge < -0.3 is 16.3 Å². The van der Waals surface area contributed by atoms with Crippen molar-refractivity contribution in [2.24, 2.45) is 16.3 Å². The van der Waals surface area contributed by atoms with Gasteiger partial charge in [-0.2, -0.15) is 0 Å². The van der Waals surface area contributed by atoms with E-state index in [-0.39, 0.29) is 5.84 Å². The molecule has 1 unspecified atom stereocenters. The van der Waals surface area contributed by atoms with Crippen molar-refractivity contribution < 1.29 is 5.21 Å². The molecule has 0 spiro atoms. The fourth-order valence-electron chi connectivity index (χ4n) is 2.89. The first-order chi connectivity index (χ1) is 9.53. The number of amidine groups is 1. The first-order valence-electron chi connectivity index (χ1n) is 7.19. The molecule has 4 N–H and O–H groups in total. The Morgan fingerprint density at radius 1 is 1.55 bits per heavy atom. The van der Waals surface area contributed by atoms with E-state index in [0.717, 1.165) is 12.1 Å². The zero-order chi connectivity index (χ0) is 14.6. The third-order valence-corrected chi connectivity index (χ3v) is 4.25. The van der Waals surface area contributed by atoms with Crippen LogP contribution in [0.3, 0.4) is 0 Å². The Morgan fingerprint density at radius 3 is 3.05 bits per heavy atom. The lowest BCUT2D eigenvalue weighted by Crippen LogP contribution is -2.43. The topological polar surface area (TPSA) is 83.5 Å². The summed E-state index contributed by atoms with van der Waals surface area (Å²) < 4.78 is 0. The minimum absolute atomic E-state index is 0.0462. The zero-order valence-electron chi connectivity index (χ0n) is 12.3. The molecule has 1 heterocycles. The SMILES string of the molecule is CC1(C)CCCCC1NCc1ccnc(C(N)=NO)c1. The van der Waals surface area contributed by atoms with Gasteiger partial charge in [-0.05, 0) is 36.0 Å². The second-order valence-corrected chi connectivity index (χ2v) is 6.20. The number of hydrogen-bond acceptors (Lipinski definition) is 4. The zero-order valence-corrected chi connectivity index (χ0v) is 12.3. The highest BCUT2D eigenvalue weighted by Gasteiger charge is 2.31. The molecule has 0 aliphatic heterocycles. The number of oxime groups is 1. The van der Waals surface area contributed by atoms with Crippen molar-refractivity contribution in [3.05, 3.63) is 29.6 Å². The average Bonchev–Trinajstić information content (AvgIpc) is 2.45. The van der Waals surface area contributed by atoms with Crippen LogP contribution < -0.4 is 11.1 Å². The van der Waals surface area contributed by atoms with Crippen molar-refractivity contribution in [2.75, 3.05) is 0 Å². The van der Waals surface area contributed by atoms with Crippen LogP contribution in [0, 0.1) is 5.41 Å². The van der Waals surface area contributed by atoms with Crippen LogP contribution in [0.4, 0.5) is 0 Å². The van der Waals surface area contributed by atoms with E-state index in [1.807, 2.05) is 12.1 Å². The molecule has 1 aromatic rings. The Morgan fingerprint density at radius 2 is 2.35 bits per heavy atom. The smallest absolute Gasteiger partial charge is 0.188 e. The number of nitrogens with zero attached hydrogens (tertiary/aromatic N) is 2. The van der Waals surface area contributed by atoms with E-state index in [9.17, 15) is 0 Å². The number of aromatic nitrogens is 1. The Bertz CT molecular complexity index is 485. The van der Waals surface area contributed by atoms with Gasteiger partial charge in [0.2, 0.25) is 0 Å². The molecule has 5 nitrogen and oxygen atoms in total. The molecule has 20 heavy (non-hydrogen) atoms. The van der Waals surface area contributed by atoms with Crippen LogP contribution in [0.5, 0.6) is 0 Å². The molecule has 5 heteroatoms. The monoisotopic (exact) mass is 276 g/mol. The van der Waals surface area contributed by atoms with Crippen LogP contribution in [0.15, 0.2) is 23.5 Å². The Balaban J connectivity index is 2.00. The minimum atomic E-state index is 0.0462. The third kappa shape index (κ3) is 3.48. The quantitative estimate of drug-likeness (QED) is 0.341. The molecular weight excluding hydrogens is 252 g/mol. The van der Waals surface area contributed by atoms with Gasteiger partial charge in [-0.1, -0.05) is 31.8 Å². The van der Waals surface area contributed by atoms with E-state index in [2.05, 4.69) is 29.3 Å². The van der Waals surface area contributed by atoms with Gasteiger partial charge in [-0.3, -0.25) is 4.98 Å². The van der Waals surface area contributed by atoms with Gasteiger partial charge in [0.15, 0.2) is 5.84 Å². The van der Waals surface area contributed by atoms with Gasteiger partial charge in [0, 0.05) is 18.8 Å². The molecule has 1 saturated carbocycles. The summed E-state index contributed by atoms with van der Waals surface area (Å²) in [4.78, 5) is 4.09. The van der Waals surface area contributed by atoms with E-state index >= 15 is 0 Å². The van der Waals surface area contributed by atoms with Crippen molar-refractivity contribution in [2.45, 2.75) is 52.1 Å². The number of rotatable bonds is 4. The molecule has 1 aliphatic carbocycles. The summed E-state index contributed by atoms with van der Waals surface area (Å²) in [6.07, 6.45) is 6.82. The van der Waals surface area contributed by atoms with Gasteiger partial charge >= 0.3 is 0 Å². The Labute approximate surface area is 120 Å². The average molecular weight is 276 g/mol. The molecule has 0 saturated heterocycles. The first kappa shape index (κ1) is 14.8. The second-order valence-electron chi connectivity index (χ2n) is 6.20. The summed E-state index contributed by atoms with van der Waals surface area (Å²) in [5.41, 5.74) is 7.52. The molecule has 1 atom stereocenters. The molecule has 1 aromatic heterocycles. The van der Waals surface area contributed by atoms with Crippen molar-refractivity contribution >= 4 is 5.84 Å². The van der Waals surface area contributed by atoms with Crippen LogP contribution in [-0.4, -0.2) is 22.1 Å². The predicted octanol–water partition coefficient (Wildman–Crippen LogP) is 2.23. The number of nitrogens with one attached hydrogen (secondary N) is 1. The number of hydrogen-bond donors (Lipinski definition) is 3. The van der Waals surface area contributed by atoms with Gasteiger partial charge in [0.25, 0.3) is 0 Å². The molecule has 1 fully saturated rings. The van der Waals surface area contributed by atoms with E-state index in [1.54, 1.807) is 6.20 Å². The number of pyridine rings is 1. The maximum absolute atomic E-state index is 8.69. The molecule has 2 rings (SSSR count). The van der Waals surface area contributed by atoms with Crippen LogP contribution in [0.25, 0.3) is 0 Å². The van der Waals surface area contributed by atoms with Crippen LogP contribution in [-0.2, 0) is 6.54 Å².